The van der Waals surface area contributed by atoms with Gasteiger partial charge in [-0.3, -0.25) is 4.68 Å². The Hall–Kier alpha value is -2.67. The number of nitrogens with zero attached hydrogens (tertiary/aromatic N) is 4. The lowest BCUT2D eigenvalue weighted by Crippen LogP contribution is -2.31. The molecule has 24 heavy (non-hydrogen) atoms. The fraction of sp³-hybridized carbons (Fsp3) is 0.353. The van der Waals surface area contributed by atoms with Gasteiger partial charge in [0.25, 0.3) is 5.89 Å². The van der Waals surface area contributed by atoms with Crippen LogP contribution in [0.15, 0.2) is 41.2 Å². The van der Waals surface area contributed by atoms with E-state index in [0.717, 1.165) is 36.4 Å². The summed E-state index contributed by atoms with van der Waals surface area (Å²) in [4.78, 5) is 4.48. The molecule has 7 heteroatoms. The Balaban J connectivity index is 1.54. The average molecular weight is 325 g/mol. The monoisotopic (exact) mass is 325 g/mol. The van der Waals surface area contributed by atoms with E-state index in [4.69, 9.17) is 9.26 Å². The molecule has 1 atom stereocenters. The number of rotatable bonds is 4. The van der Waals surface area contributed by atoms with Crippen LogP contribution in [0.3, 0.4) is 0 Å². The lowest BCUT2D eigenvalue weighted by molar-refractivity contribution is 0.347. The smallest absolute Gasteiger partial charge is 0.261 e. The fourth-order valence-corrected chi connectivity index (χ4v) is 2.91. The van der Waals surface area contributed by atoms with Crippen LogP contribution in [0.1, 0.15) is 18.9 Å². The summed E-state index contributed by atoms with van der Waals surface area (Å²) in [6.07, 6.45) is 6.06. The SMILES string of the molecule is COc1ccc(-c2noc(-c3cnn(C4CCCNC4)c3)n2)cc1. The number of hydrogen-bond donors (Lipinski definition) is 1. The van der Waals surface area contributed by atoms with E-state index in [1.165, 1.54) is 6.42 Å². The highest BCUT2D eigenvalue weighted by molar-refractivity contribution is 5.59. The van der Waals surface area contributed by atoms with Crippen LogP contribution in [0.4, 0.5) is 0 Å². The van der Waals surface area contributed by atoms with E-state index in [1.807, 2.05) is 35.1 Å². The van der Waals surface area contributed by atoms with Crippen LogP contribution in [-0.4, -0.2) is 40.1 Å². The van der Waals surface area contributed by atoms with Crippen LogP contribution in [0.5, 0.6) is 5.75 Å². The second-order valence-corrected chi connectivity index (χ2v) is 5.86. The molecule has 2 aromatic heterocycles. The lowest BCUT2D eigenvalue weighted by atomic mass is 10.1. The van der Waals surface area contributed by atoms with Crippen molar-refractivity contribution >= 4 is 0 Å². The van der Waals surface area contributed by atoms with E-state index in [2.05, 4.69) is 20.6 Å². The molecular weight excluding hydrogens is 306 g/mol. The average Bonchev–Trinajstić information content (AvgIpc) is 3.32. The molecule has 0 spiro atoms. The van der Waals surface area contributed by atoms with Crippen LogP contribution in [0.2, 0.25) is 0 Å². The quantitative estimate of drug-likeness (QED) is 0.794. The van der Waals surface area contributed by atoms with Gasteiger partial charge in [0.1, 0.15) is 5.75 Å². The molecule has 0 amide bonds. The summed E-state index contributed by atoms with van der Waals surface area (Å²) in [6, 6.07) is 7.95. The molecule has 0 saturated carbocycles. The van der Waals surface area contributed by atoms with Crippen molar-refractivity contribution < 1.29 is 9.26 Å². The number of nitrogens with one attached hydrogen (secondary N) is 1. The molecule has 3 heterocycles. The third-order valence-corrected chi connectivity index (χ3v) is 4.27. The van der Waals surface area contributed by atoms with E-state index in [0.29, 0.717) is 17.8 Å². The largest absolute Gasteiger partial charge is 0.497 e. The van der Waals surface area contributed by atoms with Crippen molar-refractivity contribution in [2.45, 2.75) is 18.9 Å². The molecule has 4 rings (SSSR count). The first kappa shape index (κ1) is 14.9. The Labute approximate surface area is 139 Å². The molecule has 1 N–H and O–H groups in total. The van der Waals surface area contributed by atoms with Gasteiger partial charge in [-0.25, -0.2) is 0 Å². The van der Waals surface area contributed by atoms with Gasteiger partial charge in [-0.05, 0) is 43.7 Å². The number of hydrogen-bond acceptors (Lipinski definition) is 6. The van der Waals surface area contributed by atoms with Gasteiger partial charge in [-0.15, -0.1) is 0 Å². The molecule has 0 radical (unpaired) electrons. The van der Waals surface area contributed by atoms with Gasteiger partial charge in [-0.2, -0.15) is 10.1 Å². The number of methoxy groups -OCH3 is 1. The second kappa shape index (κ2) is 6.45. The first-order chi connectivity index (χ1) is 11.8. The number of ether oxygens (including phenoxy) is 1. The minimum atomic E-state index is 0.386. The third-order valence-electron chi connectivity index (χ3n) is 4.27. The Kier molecular flexibility index (Phi) is 4.00. The zero-order chi connectivity index (χ0) is 16.4. The van der Waals surface area contributed by atoms with E-state index in [-0.39, 0.29) is 0 Å². The van der Waals surface area contributed by atoms with E-state index < -0.39 is 0 Å². The minimum absolute atomic E-state index is 0.386. The highest BCUT2D eigenvalue weighted by atomic mass is 16.5. The maximum atomic E-state index is 5.40. The van der Waals surface area contributed by atoms with Crippen molar-refractivity contribution in [1.29, 1.82) is 0 Å². The Bertz CT molecular complexity index is 803. The molecule has 124 valence electrons. The van der Waals surface area contributed by atoms with Gasteiger partial charge in [0.05, 0.1) is 24.9 Å². The maximum Gasteiger partial charge on any atom is 0.261 e. The summed E-state index contributed by atoms with van der Waals surface area (Å²) in [5, 5.41) is 11.9. The summed E-state index contributed by atoms with van der Waals surface area (Å²) >= 11 is 0. The second-order valence-electron chi connectivity index (χ2n) is 5.86. The topological polar surface area (TPSA) is 78.0 Å². The van der Waals surface area contributed by atoms with Crippen molar-refractivity contribution in [3.8, 4) is 28.6 Å². The summed E-state index contributed by atoms with van der Waals surface area (Å²) in [7, 11) is 1.64. The summed E-state index contributed by atoms with van der Waals surface area (Å²) in [5.41, 5.74) is 1.72. The van der Waals surface area contributed by atoms with E-state index >= 15 is 0 Å². The van der Waals surface area contributed by atoms with Crippen LogP contribution < -0.4 is 10.1 Å². The first-order valence-electron chi connectivity index (χ1n) is 8.07. The third kappa shape index (κ3) is 2.90. The molecule has 7 nitrogen and oxygen atoms in total. The van der Waals surface area contributed by atoms with Gasteiger partial charge in [0.2, 0.25) is 5.82 Å². The predicted molar refractivity (Wildman–Crippen MR) is 88.6 cm³/mol. The highest BCUT2D eigenvalue weighted by Gasteiger charge is 2.18. The molecular formula is C17H19N5O2. The van der Waals surface area contributed by atoms with Crippen LogP contribution >= 0.6 is 0 Å². The predicted octanol–water partition coefficient (Wildman–Crippen LogP) is 2.53. The van der Waals surface area contributed by atoms with Crippen molar-refractivity contribution in [2.24, 2.45) is 0 Å². The van der Waals surface area contributed by atoms with E-state index in [9.17, 15) is 0 Å². The first-order valence-corrected chi connectivity index (χ1v) is 8.07. The van der Waals surface area contributed by atoms with E-state index in [1.54, 1.807) is 13.3 Å². The standard InChI is InChI=1S/C17H19N5O2/c1-23-15-6-4-12(5-7-15)16-20-17(24-21-16)13-9-19-22(11-13)14-3-2-8-18-10-14/h4-7,9,11,14,18H,2-3,8,10H2,1H3. The van der Waals surface area contributed by atoms with Gasteiger partial charge < -0.3 is 14.6 Å². The molecule has 3 aromatic rings. The van der Waals surface area contributed by atoms with Crippen molar-refractivity contribution in [3.63, 3.8) is 0 Å². The molecule has 1 saturated heterocycles. The molecule has 1 fully saturated rings. The normalized spacial score (nSPS) is 17.8. The van der Waals surface area contributed by atoms with Crippen molar-refractivity contribution in [2.75, 3.05) is 20.2 Å². The highest BCUT2D eigenvalue weighted by Crippen LogP contribution is 2.25. The van der Waals surface area contributed by atoms with Gasteiger partial charge >= 0.3 is 0 Å². The summed E-state index contributed by atoms with van der Waals surface area (Å²) in [6.45, 7) is 2.03. The zero-order valence-electron chi connectivity index (χ0n) is 13.5. The Morgan fingerprint density at radius 2 is 2.12 bits per heavy atom. The maximum absolute atomic E-state index is 5.40. The molecule has 1 aromatic carbocycles. The van der Waals surface area contributed by atoms with Crippen LogP contribution in [0.25, 0.3) is 22.8 Å². The molecule has 1 aliphatic rings. The fourth-order valence-electron chi connectivity index (χ4n) is 2.91. The Morgan fingerprint density at radius 3 is 2.88 bits per heavy atom. The molecule has 0 bridgehead atoms. The number of piperidine rings is 1. The summed E-state index contributed by atoms with van der Waals surface area (Å²) in [5.74, 6) is 1.83. The minimum Gasteiger partial charge on any atom is -0.497 e. The van der Waals surface area contributed by atoms with Gasteiger partial charge in [0.15, 0.2) is 0 Å². The molecule has 1 unspecified atom stereocenters. The number of aromatic nitrogens is 4. The van der Waals surface area contributed by atoms with Crippen molar-refractivity contribution in [3.05, 3.63) is 36.7 Å². The lowest BCUT2D eigenvalue weighted by Gasteiger charge is -2.22. The molecule has 1 aliphatic heterocycles. The zero-order valence-corrected chi connectivity index (χ0v) is 13.5. The van der Waals surface area contributed by atoms with Gasteiger partial charge in [0, 0.05) is 18.3 Å². The van der Waals surface area contributed by atoms with Crippen molar-refractivity contribution in [1.82, 2.24) is 25.2 Å². The van der Waals surface area contributed by atoms with Crippen LogP contribution in [-0.2, 0) is 0 Å². The van der Waals surface area contributed by atoms with Gasteiger partial charge in [-0.1, -0.05) is 5.16 Å². The molecule has 0 aliphatic carbocycles. The summed E-state index contributed by atoms with van der Waals surface area (Å²) < 4.78 is 12.5. The Morgan fingerprint density at radius 1 is 1.25 bits per heavy atom. The van der Waals surface area contributed by atoms with Crippen LogP contribution in [0, 0.1) is 0 Å². The number of benzene rings is 1.